The second kappa shape index (κ2) is 3.46. The number of rotatable bonds is 2. The fourth-order valence-electron chi connectivity index (χ4n) is 1.91. The second-order valence-electron chi connectivity index (χ2n) is 3.92. The van der Waals surface area contributed by atoms with Crippen LogP contribution in [0.4, 0.5) is 4.39 Å². The van der Waals surface area contributed by atoms with Gasteiger partial charge in [0.1, 0.15) is 5.82 Å². The first-order valence-corrected chi connectivity index (χ1v) is 4.67. The van der Waals surface area contributed by atoms with Crippen molar-refractivity contribution in [1.29, 1.82) is 0 Å². The largest absolute Gasteiger partial charge is 0.306 e. The minimum absolute atomic E-state index is 0.144. The van der Waals surface area contributed by atoms with Gasteiger partial charge < -0.3 is 4.90 Å². The topological polar surface area (TPSA) is 3.24 Å². The third-order valence-corrected chi connectivity index (χ3v) is 2.58. The van der Waals surface area contributed by atoms with Crippen molar-refractivity contribution in [3.63, 3.8) is 0 Å². The molecule has 2 heteroatoms. The van der Waals surface area contributed by atoms with Gasteiger partial charge in [-0.25, -0.2) is 4.39 Å². The molecule has 1 nitrogen and oxygen atoms in total. The molecule has 1 aromatic rings. The summed E-state index contributed by atoms with van der Waals surface area (Å²) in [5, 5.41) is 0. The predicted molar refractivity (Wildman–Crippen MR) is 51.1 cm³/mol. The van der Waals surface area contributed by atoms with Gasteiger partial charge in [0, 0.05) is 13.1 Å². The molecule has 1 fully saturated rings. The maximum atomic E-state index is 12.6. The summed E-state index contributed by atoms with van der Waals surface area (Å²) in [4.78, 5) is 2.30. The first-order valence-electron chi connectivity index (χ1n) is 4.67. The van der Waals surface area contributed by atoms with Crippen molar-refractivity contribution < 1.29 is 4.39 Å². The van der Waals surface area contributed by atoms with E-state index in [9.17, 15) is 4.39 Å². The lowest BCUT2D eigenvalue weighted by Crippen LogP contribution is -2.44. The van der Waals surface area contributed by atoms with Crippen LogP contribution >= 0.6 is 0 Å². The molecule has 0 amide bonds. The van der Waals surface area contributed by atoms with Crippen molar-refractivity contribution >= 4 is 0 Å². The Morgan fingerprint density at radius 2 is 1.92 bits per heavy atom. The Morgan fingerprint density at radius 3 is 2.46 bits per heavy atom. The van der Waals surface area contributed by atoms with Gasteiger partial charge in [0.15, 0.2) is 0 Å². The minimum atomic E-state index is -0.144. The average molecular weight is 179 g/mol. The summed E-state index contributed by atoms with van der Waals surface area (Å²) >= 11 is 0. The summed E-state index contributed by atoms with van der Waals surface area (Å²) in [6.45, 7) is 2.36. The normalized spacial score (nSPS) is 18.6. The van der Waals surface area contributed by atoms with Crippen LogP contribution in [0, 0.1) is 11.7 Å². The lowest BCUT2D eigenvalue weighted by atomic mass is 9.93. The molecule has 0 N–H and O–H groups in total. The standard InChI is InChI=1S/C11H14FN/c1-13-7-10(8-13)6-9-2-4-11(12)5-3-9/h2-5,10H,6-8H2,1H3. The molecule has 1 aromatic carbocycles. The summed E-state index contributed by atoms with van der Waals surface area (Å²) in [5.74, 6) is 0.630. The van der Waals surface area contributed by atoms with E-state index in [2.05, 4.69) is 11.9 Å². The van der Waals surface area contributed by atoms with E-state index in [4.69, 9.17) is 0 Å². The molecule has 0 radical (unpaired) electrons. The van der Waals surface area contributed by atoms with Crippen LogP contribution in [0.15, 0.2) is 24.3 Å². The molecule has 1 saturated heterocycles. The molecule has 1 heterocycles. The molecule has 0 aromatic heterocycles. The van der Waals surface area contributed by atoms with Gasteiger partial charge in [-0.1, -0.05) is 12.1 Å². The molecule has 0 unspecified atom stereocenters. The van der Waals surface area contributed by atoms with Crippen molar-refractivity contribution in [2.24, 2.45) is 5.92 Å². The number of benzene rings is 1. The molecular formula is C11H14FN. The van der Waals surface area contributed by atoms with E-state index in [1.54, 1.807) is 0 Å². The zero-order valence-electron chi connectivity index (χ0n) is 7.83. The zero-order valence-corrected chi connectivity index (χ0v) is 7.83. The fraction of sp³-hybridized carbons (Fsp3) is 0.455. The average Bonchev–Trinajstić information content (AvgIpc) is 2.06. The Bertz CT molecular complexity index is 275. The third-order valence-electron chi connectivity index (χ3n) is 2.58. The quantitative estimate of drug-likeness (QED) is 0.670. The molecule has 0 spiro atoms. The van der Waals surface area contributed by atoms with Crippen LogP contribution in [-0.4, -0.2) is 25.0 Å². The van der Waals surface area contributed by atoms with Gasteiger partial charge in [-0.15, -0.1) is 0 Å². The summed E-state index contributed by atoms with van der Waals surface area (Å²) in [6.07, 6.45) is 1.09. The van der Waals surface area contributed by atoms with Crippen LogP contribution < -0.4 is 0 Å². The van der Waals surface area contributed by atoms with Crippen molar-refractivity contribution in [1.82, 2.24) is 4.90 Å². The molecule has 1 aliphatic rings. The summed E-state index contributed by atoms with van der Waals surface area (Å²) in [5.41, 5.74) is 1.25. The number of hydrogen-bond acceptors (Lipinski definition) is 1. The monoisotopic (exact) mass is 179 g/mol. The Kier molecular flexibility index (Phi) is 2.32. The predicted octanol–water partition coefficient (Wildman–Crippen LogP) is 1.93. The van der Waals surface area contributed by atoms with Gasteiger partial charge in [-0.05, 0) is 37.1 Å². The first-order chi connectivity index (χ1) is 6.24. The van der Waals surface area contributed by atoms with Gasteiger partial charge in [-0.3, -0.25) is 0 Å². The van der Waals surface area contributed by atoms with Crippen molar-refractivity contribution in [2.75, 3.05) is 20.1 Å². The van der Waals surface area contributed by atoms with Crippen LogP contribution in [0.2, 0.25) is 0 Å². The van der Waals surface area contributed by atoms with E-state index in [1.807, 2.05) is 12.1 Å². The smallest absolute Gasteiger partial charge is 0.123 e. The van der Waals surface area contributed by atoms with Crippen LogP contribution in [0.1, 0.15) is 5.56 Å². The SMILES string of the molecule is CN1CC(Cc2ccc(F)cc2)C1. The molecule has 0 saturated carbocycles. The molecule has 2 rings (SSSR count). The Morgan fingerprint density at radius 1 is 1.31 bits per heavy atom. The molecule has 0 bridgehead atoms. The summed E-state index contributed by atoms with van der Waals surface area (Å²) < 4.78 is 12.6. The van der Waals surface area contributed by atoms with Crippen LogP contribution in [0.3, 0.4) is 0 Å². The van der Waals surface area contributed by atoms with E-state index in [0.717, 1.165) is 12.3 Å². The van der Waals surface area contributed by atoms with E-state index in [-0.39, 0.29) is 5.82 Å². The van der Waals surface area contributed by atoms with Crippen LogP contribution in [0.5, 0.6) is 0 Å². The number of likely N-dealkylation sites (tertiary alicyclic amines) is 1. The number of nitrogens with zero attached hydrogens (tertiary/aromatic N) is 1. The Labute approximate surface area is 78.2 Å². The molecule has 13 heavy (non-hydrogen) atoms. The second-order valence-corrected chi connectivity index (χ2v) is 3.92. The third kappa shape index (κ3) is 2.07. The highest BCUT2D eigenvalue weighted by Gasteiger charge is 2.22. The lowest BCUT2D eigenvalue weighted by Gasteiger charge is -2.36. The van der Waals surface area contributed by atoms with Crippen LogP contribution in [-0.2, 0) is 6.42 Å². The van der Waals surface area contributed by atoms with Gasteiger partial charge >= 0.3 is 0 Å². The van der Waals surface area contributed by atoms with Gasteiger partial charge in [-0.2, -0.15) is 0 Å². The number of hydrogen-bond donors (Lipinski definition) is 0. The molecule has 70 valence electrons. The van der Waals surface area contributed by atoms with Gasteiger partial charge in [0.2, 0.25) is 0 Å². The van der Waals surface area contributed by atoms with Crippen molar-refractivity contribution in [2.45, 2.75) is 6.42 Å². The van der Waals surface area contributed by atoms with E-state index in [1.165, 1.54) is 30.8 Å². The minimum Gasteiger partial charge on any atom is -0.306 e. The van der Waals surface area contributed by atoms with E-state index < -0.39 is 0 Å². The van der Waals surface area contributed by atoms with Gasteiger partial charge in [0.25, 0.3) is 0 Å². The van der Waals surface area contributed by atoms with E-state index >= 15 is 0 Å². The van der Waals surface area contributed by atoms with E-state index in [0.29, 0.717) is 0 Å². The Hall–Kier alpha value is -0.890. The van der Waals surface area contributed by atoms with Crippen molar-refractivity contribution in [3.8, 4) is 0 Å². The highest BCUT2D eigenvalue weighted by Crippen LogP contribution is 2.18. The highest BCUT2D eigenvalue weighted by molar-refractivity contribution is 5.17. The van der Waals surface area contributed by atoms with Gasteiger partial charge in [0.05, 0.1) is 0 Å². The molecule has 0 aliphatic carbocycles. The molecular weight excluding hydrogens is 165 g/mol. The molecule has 1 aliphatic heterocycles. The zero-order chi connectivity index (χ0) is 9.26. The summed E-state index contributed by atoms with van der Waals surface area (Å²) in [6, 6.07) is 6.84. The lowest BCUT2D eigenvalue weighted by molar-refractivity contribution is 0.134. The fourth-order valence-corrected chi connectivity index (χ4v) is 1.91. The number of halogens is 1. The first kappa shape index (κ1) is 8.70. The maximum absolute atomic E-state index is 12.6. The van der Waals surface area contributed by atoms with Crippen LogP contribution in [0.25, 0.3) is 0 Å². The maximum Gasteiger partial charge on any atom is 0.123 e. The summed E-state index contributed by atoms with van der Waals surface area (Å²) in [7, 11) is 2.13. The highest BCUT2D eigenvalue weighted by atomic mass is 19.1. The Balaban J connectivity index is 1.91. The van der Waals surface area contributed by atoms with Crippen molar-refractivity contribution in [3.05, 3.63) is 35.6 Å². The molecule has 0 atom stereocenters.